The van der Waals surface area contributed by atoms with Crippen LogP contribution in [-0.4, -0.2) is 130 Å². The van der Waals surface area contributed by atoms with Crippen molar-refractivity contribution in [2.24, 2.45) is 0 Å². The van der Waals surface area contributed by atoms with Crippen LogP contribution in [0.5, 0.6) is 0 Å². The van der Waals surface area contributed by atoms with E-state index in [1.54, 1.807) is 47.6 Å². The quantitative estimate of drug-likeness (QED) is 0.245. The van der Waals surface area contributed by atoms with Gasteiger partial charge in [-0.1, -0.05) is 6.07 Å². The summed E-state index contributed by atoms with van der Waals surface area (Å²) < 4.78 is 67.2. The van der Waals surface area contributed by atoms with E-state index in [-0.39, 0.29) is 70.7 Å². The van der Waals surface area contributed by atoms with E-state index < -0.39 is 22.8 Å². The maximum atomic E-state index is 13.7. The van der Waals surface area contributed by atoms with E-state index >= 15 is 0 Å². The molecule has 0 radical (unpaired) electrons. The van der Waals surface area contributed by atoms with E-state index in [1.807, 2.05) is 6.07 Å². The minimum absolute atomic E-state index is 0.0583. The van der Waals surface area contributed by atoms with Crippen LogP contribution in [0.3, 0.4) is 0 Å². The largest absolute Gasteiger partial charge is 0.341 e. The second-order valence-corrected chi connectivity index (χ2v) is 16.3. The normalized spacial score (nSPS) is 21.4. The number of hydrogen-bond acceptors (Lipinski definition) is 11. The molecule has 1 saturated heterocycles. The van der Waals surface area contributed by atoms with Gasteiger partial charge in [0.2, 0.25) is 0 Å². The number of hydrogen-bond donors (Lipinski definition) is 3. The van der Waals surface area contributed by atoms with Crippen LogP contribution in [0.1, 0.15) is 26.5 Å². The van der Waals surface area contributed by atoms with E-state index in [9.17, 15) is 32.8 Å². The molecule has 0 bridgehead atoms. The maximum Gasteiger partial charge on any atom is 0.341 e. The Balaban J connectivity index is 1.88. The second kappa shape index (κ2) is 17.8. The van der Waals surface area contributed by atoms with Gasteiger partial charge in [-0.2, -0.15) is 0 Å². The molecule has 3 atom stereocenters. The van der Waals surface area contributed by atoms with Gasteiger partial charge in [-0.05, 0) is 45.0 Å². The minimum atomic E-state index is -3.96. The molecular weight excluding hydrogens is 650 g/mol. The molecule has 0 saturated carbocycles. The highest BCUT2D eigenvalue weighted by Crippen LogP contribution is 2.44. The van der Waals surface area contributed by atoms with Crippen LogP contribution in [0, 0.1) is 5.82 Å². The fraction of sp³-hybridized carbons (Fsp3) is 0.667. The van der Waals surface area contributed by atoms with Crippen molar-refractivity contribution in [2.75, 3.05) is 91.0 Å². The van der Waals surface area contributed by atoms with Crippen LogP contribution in [-0.2, 0) is 33.8 Å². The van der Waals surface area contributed by atoms with Crippen LogP contribution in [0.25, 0.3) is 10.9 Å². The third-order valence-corrected chi connectivity index (χ3v) is 11.4. The molecule has 14 nitrogen and oxygen atoms in total. The zero-order valence-electron chi connectivity index (χ0n) is 26.2. The highest BCUT2D eigenvalue weighted by Gasteiger charge is 2.29. The first-order chi connectivity index (χ1) is 21.2. The summed E-state index contributed by atoms with van der Waals surface area (Å²) in [6.45, 7) is 8.26. The Kier molecular flexibility index (Phi) is 15.2. The summed E-state index contributed by atoms with van der Waals surface area (Å²) in [5.74, 6) is -0.347. The highest BCUT2D eigenvalue weighted by atomic mass is 31.2. The molecule has 18 heteroatoms. The first-order valence-electron chi connectivity index (χ1n) is 15.1. The summed E-state index contributed by atoms with van der Waals surface area (Å²) in [7, 11) is -11.8. The van der Waals surface area contributed by atoms with Crippen molar-refractivity contribution in [3.05, 3.63) is 41.8 Å². The molecule has 1 aliphatic heterocycles. The van der Waals surface area contributed by atoms with Gasteiger partial charge in [0.1, 0.15) is 24.7 Å². The molecule has 2 aromatic rings. The Morgan fingerprint density at radius 3 is 1.47 bits per heavy atom. The number of nitrogens with zero attached hydrogens (tertiary/aromatic N) is 5. The zero-order chi connectivity index (χ0) is 33.1. The number of aromatic nitrogens is 1. The standard InChI is InChI=1S/C27H47FN5O9P3/c1-4-40-43(34,35)21-31-13-11-30(20-26-9-7-24-19-25(28)8-10-27(24)29-26)12-14-32(22-44(36,37)41-5-2)16-18-33(17-15-31)23-45(38,39)42-6-3/h7-10,19H,4-6,11-18,20-23H2,1-3H3,(H,34,35)(H,36,37)(H,38,39). The Morgan fingerprint density at radius 2 is 1.07 bits per heavy atom. The van der Waals surface area contributed by atoms with Crippen LogP contribution >= 0.6 is 22.8 Å². The molecular formula is C27H47FN5O9P3. The van der Waals surface area contributed by atoms with Crippen molar-refractivity contribution in [1.82, 2.24) is 24.6 Å². The van der Waals surface area contributed by atoms with Crippen molar-refractivity contribution < 1.29 is 46.3 Å². The van der Waals surface area contributed by atoms with E-state index in [4.69, 9.17) is 18.6 Å². The van der Waals surface area contributed by atoms with Gasteiger partial charge in [0.25, 0.3) is 0 Å². The Labute approximate surface area is 264 Å². The molecule has 0 amide bonds. The third kappa shape index (κ3) is 13.9. The van der Waals surface area contributed by atoms with Gasteiger partial charge < -0.3 is 28.3 Å². The summed E-state index contributed by atoms with van der Waals surface area (Å²) in [4.78, 5) is 43.4. The Morgan fingerprint density at radius 1 is 0.667 bits per heavy atom. The molecule has 0 aliphatic carbocycles. The molecule has 3 rings (SSSR count). The second-order valence-electron chi connectivity index (χ2n) is 10.9. The van der Waals surface area contributed by atoms with E-state index in [0.717, 1.165) is 5.69 Å². The van der Waals surface area contributed by atoms with E-state index in [1.165, 1.54) is 12.1 Å². The molecule has 3 N–H and O–H groups in total. The van der Waals surface area contributed by atoms with Crippen LogP contribution in [0.2, 0.25) is 0 Å². The Hall–Kier alpha value is -1.15. The lowest BCUT2D eigenvalue weighted by atomic mass is 10.2. The number of rotatable bonds is 14. The van der Waals surface area contributed by atoms with E-state index in [2.05, 4.69) is 4.90 Å². The van der Waals surface area contributed by atoms with Crippen molar-refractivity contribution in [3.63, 3.8) is 0 Å². The predicted molar refractivity (Wildman–Crippen MR) is 171 cm³/mol. The summed E-state index contributed by atoms with van der Waals surface area (Å²) >= 11 is 0. The number of halogens is 1. The van der Waals surface area contributed by atoms with Crippen molar-refractivity contribution in [3.8, 4) is 0 Å². The minimum Gasteiger partial charge on any atom is -0.323 e. The average Bonchev–Trinajstić information content (AvgIpc) is 2.94. The van der Waals surface area contributed by atoms with Gasteiger partial charge in [0.05, 0.1) is 31.0 Å². The van der Waals surface area contributed by atoms with Gasteiger partial charge in [-0.15, -0.1) is 0 Å². The monoisotopic (exact) mass is 697 g/mol. The molecule has 1 aromatic carbocycles. The number of fused-ring (bicyclic) bond motifs is 1. The number of benzene rings is 1. The highest BCUT2D eigenvalue weighted by molar-refractivity contribution is 7.53. The summed E-state index contributed by atoms with van der Waals surface area (Å²) in [6, 6.07) is 8.03. The SMILES string of the molecule is CCOP(=O)(O)CN1CCN(Cc2ccc3cc(F)ccc3n2)CCN(CP(=O)(O)OCC)CCN(CP(=O)(O)OCC)CC1. The Bertz CT molecular complexity index is 1330. The van der Waals surface area contributed by atoms with E-state index in [0.29, 0.717) is 43.6 Å². The molecule has 1 aliphatic rings. The maximum absolute atomic E-state index is 13.7. The topological polar surface area (TPSA) is 165 Å². The van der Waals surface area contributed by atoms with Gasteiger partial charge in [-0.3, -0.25) is 38.3 Å². The first-order valence-corrected chi connectivity index (χ1v) is 20.4. The van der Waals surface area contributed by atoms with Crippen LogP contribution < -0.4 is 0 Å². The van der Waals surface area contributed by atoms with Gasteiger partial charge in [0.15, 0.2) is 0 Å². The van der Waals surface area contributed by atoms with Crippen molar-refractivity contribution in [2.45, 2.75) is 27.3 Å². The zero-order valence-corrected chi connectivity index (χ0v) is 28.9. The van der Waals surface area contributed by atoms with Crippen molar-refractivity contribution in [1.29, 1.82) is 0 Å². The third-order valence-electron chi connectivity index (χ3n) is 7.15. The summed E-state index contributed by atoms with van der Waals surface area (Å²) in [5.41, 5.74) is 1.39. The molecule has 45 heavy (non-hydrogen) atoms. The van der Waals surface area contributed by atoms with Gasteiger partial charge >= 0.3 is 22.8 Å². The summed E-state index contributed by atoms with van der Waals surface area (Å²) in [5, 5.41) is 0.676. The summed E-state index contributed by atoms with van der Waals surface area (Å²) in [6.07, 6.45) is -0.714. The molecule has 0 spiro atoms. The smallest absolute Gasteiger partial charge is 0.323 e. The van der Waals surface area contributed by atoms with Gasteiger partial charge in [0, 0.05) is 64.3 Å². The molecule has 1 aromatic heterocycles. The predicted octanol–water partition coefficient (Wildman–Crippen LogP) is 3.63. The number of pyridine rings is 1. The fourth-order valence-corrected chi connectivity index (χ4v) is 8.92. The fourth-order valence-electron chi connectivity index (χ4n) is 5.10. The van der Waals surface area contributed by atoms with Crippen molar-refractivity contribution >= 4 is 33.7 Å². The van der Waals surface area contributed by atoms with Gasteiger partial charge in [-0.25, -0.2) is 4.39 Å². The first kappa shape index (κ1) is 38.3. The molecule has 256 valence electrons. The average molecular weight is 698 g/mol. The van der Waals surface area contributed by atoms with Crippen LogP contribution in [0.15, 0.2) is 30.3 Å². The molecule has 2 heterocycles. The lowest BCUT2D eigenvalue weighted by Crippen LogP contribution is -2.46. The lowest BCUT2D eigenvalue weighted by Gasteiger charge is -2.35. The molecule has 1 fully saturated rings. The lowest BCUT2D eigenvalue weighted by molar-refractivity contribution is 0.137. The molecule has 3 unspecified atom stereocenters. The van der Waals surface area contributed by atoms with Crippen LogP contribution in [0.4, 0.5) is 4.39 Å².